The Labute approximate surface area is 122 Å². The Balaban J connectivity index is 2.02. The quantitative estimate of drug-likeness (QED) is 0.878. The number of carbonyl (C=O) groups excluding carboxylic acids is 1. The SMILES string of the molecule is CC(c1cccs1)N(C)C(=O)N(CC(=O)O)CC1CC1. The molecule has 0 aliphatic heterocycles. The number of thiophene rings is 1. The van der Waals surface area contributed by atoms with Gasteiger partial charge in [-0.3, -0.25) is 4.79 Å². The Hall–Kier alpha value is -1.56. The lowest BCUT2D eigenvalue weighted by Gasteiger charge is -2.30. The van der Waals surface area contributed by atoms with Crippen LogP contribution in [0.2, 0.25) is 0 Å². The Morgan fingerprint density at radius 3 is 2.70 bits per heavy atom. The highest BCUT2D eigenvalue weighted by molar-refractivity contribution is 7.10. The molecule has 2 amide bonds. The van der Waals surface area contributed by atoms with Gasteiger partial charge in [-0.05, 0) is 37.1 Å². The van der Waals surface area contributed by atoms with Crippen LogP contribution in [0.1, 0.15) is 30.7 Å². The molecule has 0 radical (unpaired) electrons. The normalized spacial score (nSPS) is 15.7. The van der Waals surface area contributed by atoms with Crippen LogP contribution in [0.4, 0.5) is 4.79 Å². The van der Waals surface area contributed by atoms with Crippen LogP contribution < -0.4 is 0 Å². The van der Waals surface area contributed by atoms with E-state index in [9.17, 15) is 9.59 Å². The minimum absolute atomic E-state index is 0.0435. The van der Waals surface area contributed by atoms with Crippen LogP contribution in [0.15, 0.2) is 17.5 Å². The Morgan fingerprint density at radius 2 is 2.20 bits per heavy atom. The Kier molecular flexibility index (Phi) is 4.65. The van der Waals surface area contributed by atoms with Gasteiger partial charge in [0.2, 0.25) is 0 Å². The molecule has 5 nitrogen and oxygen atoms in total. The lowest BCUT2D eigenvalue weighted by atomic mass is 10.2. The van der Waals surface area contributed by atoms with Crippen LogP contribution in [0.5, 0.6) is 0 Å². The zero-order valence-corrected chi connectivity index (χ0v) is 12.6. The molecule has 1 atom stereocenters. The van der Waals surface area contributed by atoms with E-state index in [1.165, 1.54) is 4.90 Å². The summed E-state index contributed by atoms with van der Waals surface area (Å²) in [5, 5.41) is 10.9. The van der Waals surface area contributed by atoms with Crippen molar-refractivity contribution in [3.8, 4) is 0 Å². The summed E-state index contributed by atoms with van der Waals surface area (Å²) >= 11 is 1.60. The third-order valence-corrected chi connectivity index (χ3v) is 4.65. The summed E-state index contributed by atoms with van der Waals surface area (Å²) in [6, 6.07) is 3.69. The first-order valence-corrected chi connectivity index (χ1v) is 7.64. The molecule has 1 aliphatic rings. The van der Waals surface area contributed by atoms with E-state index in [1.54, 1.807) is 23.3 Å². The highest BCUT2D eigenvalue weighted by Gasteiger charge is 2.30. The van der Waals surface area contributed by atoms with E-state index < -0.39 is 5.97 Å². The third kappa shape index (κ3) is 3.72. The molecule has 1 heterocycles. The molecule has 1 fully saturated rings. The van der Waals surface area contributed by atoms with E-state index in [0.29, 0.717) is 12.5 Å². The molecule has 1 saturated carbocycles. The second-order valence-corrected chi connectivity index (χ2v) is 6.28. The summed E-state index contributed by atoms with van der Waals surface area (Å²) in [6.45, 7) is 2.28. The molecule has 0 bridgehead atoms. The van der Waals surface area contributed by atoms with Crippen molar-refractivity contribution in [1.82, 2.24) is 9.80 Å². The summed E-state index contributed by atoms with van der Waals surface area (Å²) in [6.07, 6.45) is 2.18. The summed E-state index contributed by atoms with van der Waals surface area (Å²) in [5.74, 6) is -0.486. The van der Waals surface area contributed by atoms with Gasteiger partial charge in [0.25, 0.3) is 0 Å². The molecule has 0 saturated heterocycles. The minimum Gasteiger partial charge on any atom is -0.480 e. The maximum Gasteiger partial charge on any atom is 0.323 e. The highest BCUT2D eigenvalue weighted by atomic mass is 32.1. The maximum absolute atomic E-state index is 12.5. The van der Waals surface area contributed by atoms with Crippen molar-refractivity contribution in [2.24, 2.45) is 5.92 Å². The van der Waals surface area contributed by atoms with E-state index in [1.807, 2.05) is 24.4 Å². The topological polar surface area (TPSA) is 60.9 Å². The molecule has 110 valence electrons. The van der Waals surface area contributed by atoms with Gasteiger partial charge in [-0.1, -0.05) is 6.07 Å². The molecular formula is C14H20N2O3S. The van der Waals surface area contributed by atoms with E-state index in [2.05, 4.69) is 0 Å². The average Bonchev–Trinajstić information content (AvgIpc) is 3.05. The fourth-order valence-electron chi connectivity index (χ4n) is 2.09. The number of urea groups is 1. The first-order chi connectivity index (χ1) is 9.49. The predicted molar refractivity (Wildman–Crippen MR) is 77.8 cm³/mol. The number of aliphatic carboxylic acids is 1. The smallest absolute Gasteiger partial charge is 0.323 e. The number of nitrogens with zero attached hydrogens (tertiary/aromatic N) is 2. The molecular weight excluding hydrogens is 276 g/mol. The lowest BCUT2D eigenvalue weighted by molar-refractivity contribution is -0.137. The van der Waals surface area contributed by atoms with Crippen molar-refractivity contribution in [2.45, 2.75) is 25.8 Å². The van der Waals surface area contributed by atoms with Gasteiger partial charge in [-0.25, -0.2) is 4.79 Å². The largest absolute Gasteiger partial charge is 0.480 e. The molecule has 1 aliphatic carbocycles. The third-order valence-electron chi connectivity index (χ3n) is 3.61. The van der Waals surface area contributed by atoms with E-state index >= 15 is 0 Å². The fourth-order valence-corrected chi connectivity index (χ4v) is 2.92. The van der Waals surface area contributed by atoms with Crippen LogP contribution in [-0.4, -0.2) is 47.0 Å². The minimum atomic E-state index is -0.962. The molecule has 1 N–H and O–H groups in total. The predicted octanol–water partition coefficient (Wildman–Crippen LogP) is 2.66. The summed E-state index contributed by atoms with van der Waals surface area (Å²) in [4.78, 5) is 27.6. The molecule has 1 aromatic rings. The Bertz CT molecular complexity index is 471. The van der Waals surface area contributed by atoms with Crippen LogP contribution in [0.25, 0.3) is 0 Å². The number of carboxylic acids is 1. The average molecular weight is 296 g/mol. The van der Waals surface area contributed by atoms with Gasteiger partial charge in [-0.2, -0.15) is 0 Å². The number of rotatable bonds is 6. The summed E-state index contributed by atoms with van der Waals surface area (Å²) in [5.41, 5.74) is 0. The van der Waals surface area contributed by atoms with Crippen molar-refractivity contribution in [1.29, 1.82) is 0 Å². The van der Waals surface area contributed by atoms with Crippen molar-refractivity contribution in [3.05, 3.63) is 22.4 Å². The van der Waals surface area contributed by atoms with E-state index in [0.717, 1.165) is 17.7 Å². The monoisotopic (exact) mass is 296 g/mol. The molecule has 0 spiro atoms. The molecule has 2 rings (SSSR count). The second-order valence-electron chi connectivity index (χ2n) is 5.30. The van der Waals surface area contributed by atoms with Gasteiger partial charge >= 0.3 is 12.0 Å². The van der Waals surface area contributed by atoms with Crippen molar-refractivity contribution in [2.75, 3.05) is 20.1 Å². The highest BCUT2D eigenvalue weighted by Crippen LogP contribution is 2.31. The van der Waals surface area contributed by atoms with Gasteiger partial charge in [-0.15, -0.1) is 11.3 Å². The Morgan fingerprint density at radius 1 is 1.50 bits per heavy atom. The molecule has 6 heteroatoms. The van der Waals surface area contributed by atoms with Crippen LogP contribution in [0.3, 0.4) is 0 Å². The van der Waals surface area contributed by atoms with Gasteiger partial charge in [0.1, 0.15) is 6.54 Å². The van der Waals surface area contributed by atoms with Crippen LogP contribution in [0, 0.1) is 5.92 Å². The molecule has 0 aromatic carbocycles. The van der Waals surface area contributed by atoms with Gasteiger partial charge < -0.3 is 14.9 Å². The van der Waals surface area contributed by atoms with Gasteiger partial charge in [0.15, 0.2) is 0 Å². The van der Waals surface area contributed by atoms with Gasteiger partial charge in [0.05, 0.1) is 6.04 Å². The van der Waals surface area contributed by atoms with E-state index in [4.69, 9.17) is 5.11 Å². The number of carbonyl (C=O) groups is 2. The molecule has 20 heavy (non-hydrogen) atoms. The summed E-state index contributed by atoms with van der Waals surface area (Å²) in [7, 11) is 1.73. The molecule has 1 aromatic heterocycles. The lowest BCUT2D eigenvalue weighted by Crippen LogP contribution is -2.45. The van der Waals surface area contributed by atoms with Gasteiger partial charge in [0, 0.05) is 18.5 Å². The van der Waals surface area contributed by atoms with Crippen molar-refractivity contribution >= 4 is 23.3 Å². The maximum atomic E-state index is 12.5. The van der Waals surface area contributed by atoms with E-state index in [-0.39, 0.29) is 18.6 Å². The fraction of sp³-hybridized carbons (Fsp3) is 0.571. The first-order valence-electron chi connectivity index (χ1n) is 6.76. The number of carboxylic acid groups (broad SMARTS) is 1. The van der Waals surface area contributed by atoms with Crippen LogP contribution >= 0.6 is 11.3 Å². The van der Waals surface area contributed by atoms with Crippen molar-refractivity contribution in [3.63, 3.8) is 0 Å². The number of amides is 2. The zero-order valence-electron chi connectivity index (χ0n) is 11.8. The zero-order chi connectivity index (χ0) is 14.7. The second kappa shape index (κ2) is 6.26. The first kappa shape index (κ1) is 14.8. The number of hydrogen-bond acceptors (Lipinski definition) is 3. The standard InChI is InChI=1S/C14H20N2O3S/c1-10(12-4-3-7-20-12)15(2)14(19)16(9-13(17)18)8-11-5-6-11/h3-4,7,10-11H,5-6,8-9H2,1-2H3,(H,17,18). The van der Waals surface area contributed by atoms with Crippen LogP contribution in [-0.2, 0) is 4.79 Å². The molecule has 1 unspecified atom stereocenters. The number of hydrogen-bond donors (Lipinski definition) is 1. The summed E-state index contributed by atoms with van der Waals surface area (Å²) < 4.78 is 0. The van der Waals surface area contributed by atoms with Crippen molar-refractivity contribution < 1.29 is 14.7 Å².